The van der Waals surface area contributed by atoms with Crippen LogP contribution in [0, 0.1) is 17.3 Å². The highest BCUT2D eigenvalue weighted by Gasteiger charge is 2.62. The molecule has 0 N–H and O–H groups in total. The molecule has 0 unspecified atom stereocenters. The molecule has 0 saturated heterocycles. The first kappa shape index (κ1) is 11.9. The average molecular weight is 264 g/mol. The molecule has 1 rings (SSSR count). The molecule has 1 aliphatic rings. The van der Waals surface area contributed by atoms with E-state index in [-0.39, 0.29) is 22.5 Å². The summed E-state index contributed by atoms with van der Waals surface area (Å²) in [6, 6.07) is 0. The predicted octanol–water partition coefficient (Wildman–Crippen LogP) is 3.78. The minimum Gasteiger partial charge on any atom is -0.281 e. The molecule has 2 atom stereocenters. The van der Waals surface area contributed by atoms with Gasteiger partial charge in [0.1, 0.15) is 0 Å². The Balaban J connectivity index is 2.61. The maximum Gasteiger partial charge on any atom is 0.225 e. The summed E-state index contributed by atoms with van der Waals surface area (Å²) < 4.78 is -1.29. The summed E-state index contributed by atoms with van der Waals surface area (Å²) in [4.78, 5) is 11.0. The summed E-state index contributed by atoms with van der Waals surface area (Å²) in [5, 5.41) is -0.329. The largest absolute Gasteiger partial charge is 0.281 e. The number of rotatable bonds is 2. The highest BCUT2D eigenvalue weighted by Crippen LogP contribution is 2.63. The summed E-state index contributed by atoms with van der Waals surface area (Å²) in [5.41, 5.74) is -0.122. The smallest absolute Gasteiger partial charge is 0.225 e. The molecule has 0 heterocycles. The topological polar surface area (TPSA) is 17.1 Å². The monoisotopic (exact) mass is 262 g/mol. The predicted molar refractivity (Wildman–Crippen MR) is 56.5 cm³/mol. The standard InChI is InChI=1S/C8H10Cl4O/c1-7(2)4(3-8(10,11)12)5(7)6(9)13/h4-5H,3H2,1-2H3/t4-,5-/m0/s1. The summed E-state index contributed by atoms with van der Waals surface area (Å²) in [7, 11) is 0. The van der Waals surface area contributed by atoms with Crippen molar-refractivity contribution < 1.29 is 4.79 Å². The molecule has 0 spiro atoms. The summed E-state index contributed by atoms with van der Waals surface area (Å²) in [5.74, 6) is -0.0743. The highest BCUT2D eigenvalue weighted by atomic mass is 35.6. The quantitative estimate of drug-likeness (QED) is 0.547. The van der Waals surface area contributed by atoms with Gasteiger partial charge in [0, 0.05) is 5.92 Å². The molecule has 0 aliphatic heterocycles. The lowest BCUT2D eigenvalue weighted by atomic mass is 10.1. The van der Waals surface area contributed by atoms with Crippen LogP contribution in [0.25, 0.3) is 0 Å². The summed E-state index contributed by atoms with van der Waals surface area (Å²) in [6.07, 6.45) is 0.383. The zero-order valence-corrected chi connectivity index (χ0v) is 10.3. The van der Waals surface area contributed by atoms with Crippen LogP contribution < -0.4 is 0 Å². The Morgan fingerprint density at radius 1 is 1.38 bits per heavy atom. The minimum atomic E-state index is -1.29. The fourth-order valence-electron chi connectivity index (χ4n) is 1.83. The van der Waals surface area contributed by atoms with Gasteiger partial charge < -0.3 is 0 Å². The first-order valence-corrected chi connectivity index (χ1v) is 5.43. The Morgan fingerprint density at radius 3 is 2.08 bits per heavy atom. The molecular formula is C8H10Cl4O. The van der Waals surface area contributed by atoms with Gasteiger partial charge >= 0.3 is 0 Å². The zero-order chi connectivity index (χ0) is 10.4. The van der Waals surface area contributed by atoms with E-state index in [2.05, 4.69) is 0 Å². The Bertz CT molecular complexity index is 231. The van der Waals surface area contributed by atoms with E-state index in [9.17, 15) is 4.79 Å². The second-order valence-electron chi connectivity index (χ2n) is 4.03. The van der Waals surface area contributed by atoms with E-state index in [4.69, 9.17) is 46.4 Å². The fourth-order valence-corrected chi connectivity index (χ4v) is 2.76. The van der Waals surface area contributed by atoms with Crippen LogP contribution in [0.4, 0.5) is 0 Å². The van der Waals surface area contributed by atoms with Gasteiger partial charge in [-0.2, -0.15) is 0 Å². The number of alkyl halides is 3. The lowest BCUT2D eigenvalue weighted by Gasteiger charge is -2.10. The normalized spacial score (nSPS) is 31.5. The maximum absolute atomic E-state index is 11.0. The Hall–Kier alpha value is 0.830. The molecule has 1 aliphatic carbocycles. The van der Waals surface area contributed by atoms with Crippen LogP contribution in [-0.4, -0.2) is 9.03 Å². The van der Waals surface area contributed by atoms with Gasteiger partial charge in [0.2, 0.25) is 5.24 Å². The highest BCUT2D eigenvalue weighted by molar-refractivity contribution is 6.67. The third-order valence-corrected chi connectivity index (χ3v) is 3.44. The molecule has 13 heavy (non-hydrogen) atoms. The SMILES string of the molecule is CC1(C)[C@H](C(=O)Cl)[C@@H]1CC(Cl)(Cl)Cl. The van der Waals surface area contributed by atoms with Crippen LogP contribution in [-0.2, 0) is 4.79 Å². The van der Waals surface area contributed by atoms with Gasteiger partial charge in [-0.3, -0.25) is 4.79 Å². The molecule has 76 valence electrons. The van der Waals surface area contributed by atoms with Crippen LogP contribution in [0.5, 0.6) is 0 Å². The van der Waals surface area contributed by atoms with Gasteiger partial charge in [0.05, 0.1) is 0 Å². The van der Waals surface area contributed by atoms with Crippen LogP contribution in [0.2, 0.25) is 0 Å². The van der Waals surface area contributed by atoms with Gasteiger partial charge in [-0.25, -0.2) is 0 Å². The number of halogens is 4. The second kappa shape index (κ2) is 3.44. The summed E-state index contributed by atoms with van der Waals surface area (Å²) in [6.45, 7) is 3.91. The van der Waals surface area contributed by atoms with Gasteiger partial charge in [-0.1, -0.05) is 48.7 Å². The van der Waals surface area contributed by atoms with Crippen molar-refractivity contribution in [3.63, 3.8) is 0 Å². The van der Waals surface area contributed by atoms with Crippen molar-refractivity contribution in [3.8, 4) is 0 Å². The van der Waals surface area contributed by atoms with Crippen molar-refractivity contribution in [1.29, 1.82) is 0 Å². The maximum atomic E-state index is 11.0. The summed E-state index contributed by atoms with van der Waals surface area (Å²) >= 11 is 22.3. The Kier molecular flexibility index (Phi) is 3.15. The first-order valence-electron chi connectivity index (χ1n) is 3.92. The molecule has 0 aromatic heterocycles. The molecule has 1 saturated carbocycles. The van der Waals surface area contributed by atoms with E-state index in [1.165, 1.54) is 0 Å². The lowest BCUT2D eigenvalue weighted by molar-refractivity contribution is -0.113. The zero-order valence-electron chi connectivity index (χ0n) is 7.28. The average Bonchev–Trinajstić information content (AvgIpc) is 2.28. The first-order chi connectivity index (χ1) is 5.66. The minimum absolute atomic E-state index is 0.0880. The van der Waals surface area contributed by atoms with E-state index in [0.29, 0.717) is 6.42 Å². The van der Waals surface area contributed by atoms with Crippen molar-refractivity contribution >= 4 is 51.6 Å². The molecule has 1 fully saturated rings. The van der Waals surface area contributed by atoms with Crippen molar-refractivity contribution in [2.75, 3.05) is 0 Å². The number of carbonyl (C=O) groups excluding carboxylic acids is 1. The molecular weight excluding hydrogens is 254 g/mol. The van der Waals surface area contributed by atoms with Crippen LogP contribution in [0.3, 0.4) is 0 Å². The third-order valence-electron chi connectivity index (χ3n) is 2.75. The van der Waals surface area contributed by atoms with Gasteiger partial charge in [0.15, 0.2) is 3.79 Å². The van der Waals surface area contributed by atoms with Crippen molar-refractivity contribution in [3.05, 3.63) is 0 Å². The van der Waals surface area contributed by atoms with Gasteiger partial charge in [0.25, 0.3) is 0 Å². The van der Waals surface area contributed by atoms with Gasteiger partial charge in [-0.15, -0.1) is 0 Å². The lowest BCUT2D eigenvalue weighted by Crippen LogP contribution is -2.06. The second-order valence-corrected chi connectivity index (χ2v) is 6.92. The molecule has 0 bridgehead atoms. The van der Waals surface area contributed by atoms with Gasteiger partial charge in [-0.05, 0) is 29.4 Å². The van der Waals surface area contributed by atoms with Crippen LogP contribution in [0.15, 0.2) is 0 Å². The van der Waals surface area contributed by atoms with E-state index in [1.54, 1.807) is 0 Å². The molecule has 1 nitrogen and oxygen atoms in total. The molecule has 0 aromatic carbocycles. The molecule has 5 heteroatoms. The van der Waals surface area contributed by atoms with Crippen molar-refractivity contribution in [2.24, 2.45) is 17.3 Å². The van der Waals surface area contributed by atoms with E-state index in [1.807, 2.05) is 13.8 Å². The van der Waals surface area contributed by atoms with Crippen molar-refractivity contribution in [1.82, 2.24) is 0 Å². The fraction of sp³-hybridized carbons (Fsp3) is 0.875. The number of hydrogen-bond donors (Lipinski definition) is 0. The molecule has 0 radical (unpaired) electrons. The van der Waals surface area contributed by atoms with E-state index in [0.717, 1.165) is 0 Å². The molecule has 0 amide bonds. The van der Waals surface area contributed by atoms with E-state index < -0.39 is 3.79 Å². The van der Waals surface area contributed by atoms with Crippen LogP contribution >= 0.6 is 46.4 Å². The van der Waals surface area contributed by atoms with E-state index >= 15 is 0 Å². The van der Waals surface area contributed by atoms with Crippen LogP contribution in [0.1, 0.15) is 20.3 Å². The molecule has 0 aromatic rings. The number of carbonyl (C=O) groups is 1. The third kappa shape index (κ3) is 2.65. The Labute approximate surface area is 97.7 Å². The number of hydrogen-bond acceptors (Lipinski definition) is 1. The Morgan fingerprint density at radius 2 is 1.85 bits per heavy atom. The van der Waals surface area contributed by atoms with Crippen molar-refractivity contribution in [2.45, 2.75) is 24.1 Å².